The van der Waals surface area contributed by atoms with Gasteiger partial charge in [0.05, 0.1) is 7.11 Å². The van der Waals surface area contributed by atoms with Crippen LogP contribution in [0.3, 0.4) is 0 Å². The molecule has 0 atom stereocenters. The van der Waals surface area contributed by atoms with Gasteiger partial charge in [0.1, 0.15) is 5.75 Å². The van der Waals surface area contributed by atoms with Crippen LogP contribution in [0.25, 0.3) is 0 Å². The van der Waals surface area contributed by atoms with Crippen molar-refractivity contribution in [2.45, 2.75) is 6.54 Å². The first kappa shape index (κ1) is 8.87. The van der Waals surface area contributed by atoms with Crippen molar-refractivity contribution in [3.63, 3.8) is 0 Å². The highest BCUT2D eigenvalue weighted by molar-refractivity contribution is 5.48. The lowest BCUT2D eigenvalue weighted by Gasteiger charge is -2.08. The summed E-state index contributed by atoms with van der Waals surface area (Å²) in [6, 6.07) is 5.66. The molecule has 1 rings (SSSR count). The lowest BCUT2D eigenvalue weighted by Crippen LogP contribution is -2.06. The maximum absolute atomic E-state index is 5.60. The zero-order chi connectivity index (χ0) is 8.97. The van der Waals surface area contributed by atoms with Gasteiger partial charge in [0.2, 0.25) is 0 Å². The Bertz CT molecular complexity index is 261. The number of anilines is 1. The normalized spacial score (nSPS) is 9.83. The number of hydrogen-bond acceptors (Lipinski definition) is 3. The Morgan fingerprint density at radius 3 is 2.83 bits per heavy atom. The molecular weight excluding hydrogens is 152 g/mol. The first-order valence-corrected chi connectivity index (χ1v) is 3.85. The van der Waals surface area contributed by atoms with E-state index in [-0.39, 0.29) is 0 Å². The van der Waals surface area contributed by atoms with Crippen LogP contribution in [-0.2, 0) is 6.54 Å². The first-order chi connectivity index (χ1) is 5.77. The molecule has 66 valence electrons. The maximum Gasteiger partial charge on any atom is 0.125 e. The van der Waals surface area contributed by atoms with E-state index >= 15 is 0 Å². The molecule has 0 saturated heterocycles. The Morgan fingerprint density at radius 2 is 2.25 bits per heavy atom. The van der Waals surface area contributed by atoms with Gasteiger partial charge in [0.25, 0.3) is 0 Å². The lowest BCUT2D eigenvalue weighted by molar-refractivity contribution is 0.409. The highest BCUT2D eigenvalue weighted by atomic mass is 16.5. The summed E-state index contributed by atoms with van der Waals surface area (Å²) in [4.78, 5) is 0. The number of methoxy groups -OCH3 is 1. The third-order valence-electron chi connectivity index (χ3n) is 1.68. The van der Waals surface area contributed by atoms with Crippen LogP contribution in [0.5, 0.6) is 5.75 Å². The van der Waals surface area contributed by atoms with Crippen LogP contribution in [0, 0.1) is 0 Å². The quantitative estimate of drug-likeness (QED) is 0.658. The molecule has 0 saturated carbocycles. The molecule has 0 aromatic heterocycles. The van der Waals surface area contributed by atoms with E-state index in [1.54, 1.807) is 7.11 Å². The van der Waals surface area contributed by atoms with Crippen molar-refractivity contribution in [3.8, 4) is 5.75 Å². The summed E-state index contributed by atoms with van der Waals surface area (Å²) in [7, 11) is 3.55. The van der Waals surface area contributed by atoms with Crippen LogP contribution in [0.4, 0.5) is 5.69 Å². The fraction of sp³-hybridized carbons (Fsp3) is 0.333. The highest BCUT2D eigenvalue weighted by Crippen LogP contribution is 2.20. The van der Waals surface area contributed by atoms with Crippen molar-refractivity contribution in [3.05, 3.63) is 23.8 Å². The third kappa shape index (κ3) is 1.89. The van der Waals surface area contributed by atoms with Crippen molar-refractivity contribution >= 4 is 5.69 Å². The second-order valence-electron chi connectivity index (χ2n) is 2.60. The standard InChI is InChI=1S/C9H14N2O/c1-11-6-7-3-4-8(10)5-9(7)12-2/h3-5,11H,6,10H2,1-2H3. The van der Waals surface area contributed by atoms with E-state index in [9.17, 15) is 0 Å². The molecule has 0 fully saturated rings. The highest BCUT2D eigenvalue weighted by Gasteiger charge is 2.00. The molecule has 0 aliphatic rings. The van der Waals surface area contributed by atoms with Crippen LogP contribution in [0.2, 0.25) is 0 Å². The number of hydrogen-bond donors (Lipinski definition) is 2. The predicted octanol–water partition coefficient (Wildman–Crippen LogP) is 0.997. The Labute approximate surface area is 72.5 Å². The van der Waals surface area contributed by atoms with Gasteiger partial charge in [-0.15, -0.1) is 0 Å². The molecule has 1 aromatic carbocycles. The summed E-state index contributed by atoms with van der Waals surface area (Å²) in [5.74, 6) is 0.837. The van der Waals surface area contributed by atoms with Gasteiger partial charge in [0, 0.05) is 23.9 Å². The lowest BCUT2D eigenvalue weighted by atomic mass is 10.2. The number of benzene rings is 1. The molecule has 3 heteroatoms. The molecule has 0 spiro atoms. The van der Waals surface area contributed by atoms with Gasteiger partial charge in [-0.2, -0.15) is 0 Å². The van der Waals surface area contributed by atoms with Gasteiger partial charge in [-0.25, -0.2) is 0 Å². The maximum atomic E-state index is 5.60. The van der Waals surface area contributed by atoms with Crippen LogP contribution >= 0.6 is 0 Å². The molecule has 0 aliphatic carbocycles. The van der Waals surface area contributed by atoms with E-state index in [1.165, 1.54) is 0 Å². The molecule has 0 amide bonds. The van der Waals surface area contributed by atoms with Crippen molar-refractivity contribution in [2.24, 2.45) is 0 Å². The van der Waals surface area contributed by atoms with Crippen molar-refractivity contribution in [1.29, 1.82) is 0 Å². The topological polar surface area (TPSA) is 47.3 Å². The molecule has 0 aliphatic heterocycles. The van der Waals surface area contributed by atoms with Gasteiger partial charge in [-0.3, -0.25) is 0 Å². The molecule has 0 unspecified atom stereocenters. The van der Waals surface area contributed by atoms with Crippen molar-refractivity contribution in [1.82, 2.24) is 5.32 Å². The summed E-state index contributed by atoms with van der Waals surface area (Å²) in [6.45, 7) is 0.795. The molecule has 0 bridgehead atoms. The number of ether oxygens (including phenoxy) is 1. The number of nitrogen functional groups attached to an aromatic ring is 1. The number of rotatable bonds is 3. The predicted molar refractivity (Wildman–Crippen MR) is 50.2 cm³/mol. The summed E-state index contributed by atoms with van der Waals surface area (Å²) in [5, 5.41) is 3.06. The average Bonchev–Trinajstić information content (AvgIpc) is 2.08. The average molecular weight is 166 g/mol. The fourth-order valence-electron chi connectivity index (χ4n) is 1.10. The van der Waals surface area contributed by atoms with E-state index in [0.717, 1.165) is 23.5 Å². The van der Waals surface area contributed by atoms with Crippen LogP contribution in [0.15, 0.2) is 18.2 Å². The molecule has 0 heterocycles. The van der Waals surface area contributed by atoms with E-state index in [0.29, 0.717) is 0 Å². The van der Waals surface area contributed by atoms with Gasteiger partial charge >= 0.3 is 0 Å². The van der Waals surface area contributed by atoms with E-state index in [4.69, 9.17) is 10.5 Å². The van der Waals surface area contributed by atoms with Crippen LogP contribution in [-0.4, -0.2) is 14.2 Å². The summed E-state index contributed by atoms with van der Waals surface area (Å²) in [6.07, 6.45) is 0. The number of nitrogens with one attached hydrogen (secondary N) is 1. The van der Waals surface area contributed by atoms with Crippen molar-refractivity contribution in [2.75, 3.05) is 19.9 Å². The van der Waals surface area contributed by atoms with Gasteiger partial charge in [-0.05, 0) is 13.1 Å². The molecule has 3 N–H and O–H groups in total. The van der Waals surface area contributed by atoms with Crippen LogP contribution < -0.4 is 15.8 Å². The SMILES string of the molecule is CNCc1ccc(N)cc1OC. The summed E-state index contributed by atoms with van der Waals surface area (Å²) in [5.41, 5.74) is 7.45. The zero-order valence-electron chi connectivity index (χ0n) is 7.42. The zero-order valence-corrected chi connectivity index (χ0v) is 7.42. The Kier molecular flexibility index (Phi) is 2.94. The van der Waals surface area contributed by atoms with E-state index in [1.807, 2.05) is 25.2 Å². The largest absolute Gasteiger partial charge is 0.496 e. The van der Waals surface area contributed by atoms with E-state index < -0.39 is 0 Å². The Hall–Kier alpha value is -1.22. The summed E-state index contributed by atoms with van der Waals surface area (Å²) < 4.78 is 5.16. The third-order valence-corrected chi connectivity index (χ3v) is 1.68. The van der Waals surface area contributed by atoms with Gasteiger partial charge in [-0.1, -0.05) is 6.07 Å². The summed E-state index contributed by atoms with van der Waals surface area (Å²) >= 11 is 0. The monoisotopic (exact) mass is 166 g/mol. The fourth-order valence-corrected chi connectivity index (χ4v) is 1.10. The van der Waals surface area contributed by atoms with Gasteiger partial charge < -0.3 is 15.8 Å². The number of nitrogens with two attached hydrogens (primary N) is 1. The van der Waals surface area contributed by atoms with E-state index in [2.05, 4.69) is 5.32 Å². The first-order valence-electron chi connectivity index (χ1n) is 3.85. The Morgan fingerprint density at radius 1 is 1.50 bits per heavy atom. The second-order valence-corrected chi connectivity index (χ2v) is 2.60. The molecule has 3 nitrogen and oxygen atoms in total. The van der Waals surface area contributed by atoms with Crippen molar-refractivity contribution < 1.29 is 4.74 Å². The smallest absolute Gasteiger partial charge is 0.125 e. The van der Waals surface area contributed by atoms with Crippen LogP contribution in [0.1, 0.15) is 5.56 Å². The molecule has 12 heavy (non-hydrogen) atoms. The minimum Gasteiger partial charge on any atom is -0.496 e. The minimum absolute atomic E-state index is 0.728. The Balaban J connectivity index is 2.94. The molecule has 0 radical (unpaired) electrons. The second kappa shape index (κ2) is 3.97. The molecule has 1 aromatic rings. The van der Waals surface area contributed by atoms with Gasteiger partial charge in [0.15, 0.2) is 0 Å². The minimum atomic E-state index is 0.728. The molecular formula is C9H14N2O.